The molecule has 0 fully saturated rings. The lowest BCUT2D eigenvalue weighted by atomic mass is 10.2. The maximum Gasteiger partial charge on any atom is 0.270 e. The van der Waals surface area contributed by atoms with E-state index in [2.05, 4.69) is 20.4 Å². The number of nitro groups is 2. The first-order valence-electron chi connectivity index (χ1n) is 7.59. The Labute approximate surface area is 157 Å². The van der Waals surface area contributed by atoms with Gasteiger partial charge in [-0.05, 0) is 0 Å². The van der Waals surface area contributed by atoms with Gasteiger partial charge in [0.1, 0.15) is 0 Å². The Morgan fingerprint density at radius 3 is 1.54 bits per heavy atom. The molecule has 142 valence electrons. The van der Waals surface area contributed by atoms with E-state index in [1.54, 1.807) is 12.1 Å². The maximum atomic E-state index is 10.7. The highest BCUT2D eigenvalue weighted by molar-refractivity contribution is 6.39. The SMILES string of the molecule is NC(=N\N=C/c1cccc([N+](=O)[O-])c1)/C(N)=N\N=Cc1cccc([N+](=O)[O-])c1. The number of benzene rings is 2. The van der Waals surface area contributed by atoms with Crippen molar-refractivity contribution in [1.82, 2.24) is 0 Å². The molecular weight excluding hydrogens is 368 g/mol. The summed E-state index contributed by atoms with van der Waals surface area (Å²) in [4.78, 5) is 20.4. The second-order valence-electron chi connectivity index (χ2n) is 5.16. The first-order chi connectivity index (χ1) is 13.4. The third-order valence-corrected chi connectivity index (χ3v) is 3.17. The van der Waals surface area contributed by atoms with Crippen LogP contribution in [-0.2, 0) is 0 Å². The van der Waals surface area contributed by atoms with E-state index in [1.165, 1.54) is 48.8 Å². The molecule has 2 aromatic carbocycles. The van der Waals surface area contributed by atoms with Crippen LogP contribution in [0.15, 0.2) is 68.9 Å². The maximum absolute atomic E-state index is 10.7. The lowest BCUT2D eigenvalue weighted by Gasteiger charge is -1.95. The fourth-order valence-corrected chi connectivity index (χ4v) is 1.86. The molecule has 0 aliphatic heterocycles. The van der Waals surface area contributed by atoms with E-state index in [4.69, 9.17) is 11.5 Å². The molecule has 0 aliphatic carbocycles. The third-order valence-electron chi connectivity index (χ3n) is 3.17. The number of hydrogen-bond donors (Lipinski definition) is 2. The molecule has 28 heavy (non-hydrogen) atoms. The number of nitro benzene ring substituents is 2. The van der Waals surface area contributed by atoms with Crippen LogP contribution in [0.3, 0.4) is 0 Å². The van der Waals surface area contributed by atoms with E-state index < -0.39 is 9.85 Å². The van der Waals surface area contributed by atoms with Crippen LogP contribution in [0.1, 0.15) is 11.1 Å². The van der Waals surface area contributed by atoms with Gasteiger partial charge in [0.15, 0.2) is 11.7 Å². The predicted octanol–water partition coefficient (Wildman–Crippen LogP) is 1.59. The predicted molar refractivity (Wildman–Crippen MR) is 105 cm³/mol. The second kappa shape index (κ2) is 9.28. The lowest BCUT2D eigenvalue weighted by molar-refractivity contribution is -0.385. The van der Waals surface area contributed by atoms with E-state index in [0.717, 1.165) is 0 Å². The van der Waals surface area contributed by atoms with Crippen molar-refractivity contribution >= 4 is 35.5 Å². The highest BCUT2D eigenvalue weighted by Crippen LogP contribution is 2.12. The van der Waals surface area contributed by atoms with Crippen LogP contribution in [0.25, 0.3) is 0 Å². The van der Waals surface area contributed by atoms with Crippen LogP contribution in [0.5, 0.6) is 0 Å². The summed E-state index contributed by atoms with van der Waals surface area (Å²) in [6.07, 6.45) is 2.53. The van der Waals surface area contributed by atoms with Gasteiger partial charge in [-0.25, -0.2) is 0 Å². The summed E-state index contributed by atoms with van der Waals surface area (Å²) in [5, 5.41) is 36.1. The van der Waals surface area contributed by atoms with Crippen LogP contribution in [0.4, 0.5) is 11.4 Å². The van der Waals surface area contributed by atoms with Crippen molar-refractivity contribution in [3.63, 3.8) is 0 Å². The van der Waals surface area contributed by atoms with Crippen LogP contribution >= 0.6 is 0 Å². The third kappa shape index (κ3) is 5.80. The molecule has 0 unspecified atom stereocenters. The monoisotopic (exact) mass is 382 g/mol. The van der Waals surface area contributed by atoms with E-state index in [-0.39, 0.29) is 23.0 Å². The fourth-order valence-electron chi connectivity index (χ4n) is 1.86. The number of rotatable bonds is 6. The zero-order valence-electron chi connectivity index (χ0n) is 14.2. The number of hydrogen-bond acceptors (Lipinski definition) is 8. The van der Waals surface area contributed by atoms with E-state index in [9.17, 15) is 20.2 Å². The minimum atomic E-state index is -0.529. The van der Waals surface area contributed by atoms with Gasteiger partial charge in [0.05, 0.1) is 22.3 Å². The largest absolute Gasteiger partial charge is 0.379 e. The zero-order chi connectivity index (χ0) is 20.5. The second-order valence-corrected chi connectivity index (χ2v) is 5.16. The molecule has 0 radical (unpaired) electrons. The van der Waals surface area contributed by atoms with Gasteiger partial charge in [-0.15, -0.1) is 10.2 Å². The molecule has 4 N–H and O–H groups in total. The molecule has 12 heteroatoms. The summed E-state index contributed by atoms with van der Waals surface area (Å²) in [6, 6.07) is 11.5. The Kier molecular flexibility index (Phi) is 6.58. The van der Waals surface area contributed by atoms with Crippen molar-refractivity contribution in [2.75, 3.05) is 0 Å². The topological polar surface area (TPSA) is 188 Å². The smallest absolute Gasteiger partial charge is 0.270 e. The minimum Gasteiger partial charge on any atom is -0.379 e. The summed E-state index contributed by atoms with van der Waals surface area (Å²) < 4.78 is 0. The molecule has 0 atom stereocenters. The van der Waals surface area contributed by atoms with Crippen LogP contribution in [0.2, 0.25) is 0 Å². The van der Waals surface area contributed by atoms with Gasteiger partial charge in [0.25, 0.3) is 11.4 Å². The van der Waals surface area contributed by atoms with Crippen molar-refractivity contribution in [2.24, 2.45) is 31.9 Å². The zero-order valence-corrected chi connectivity index (χ0v) is 14.2. The van der Waals surface area contributed by atoms with Crippen molar-refractivity contribution < 1.29 is 9.85 Å². The highest BCUT2D eigenvalue weighted by Gasteiger charge is 2.05. The molecule has 12 nitrogen and oxygen atoms in total. The van der Waals surface area contributed by atoms with Gasteiger partial charge in [-0.2, -0.15) is 10.2 Å². The Hall–Kier alpha value is -4.48. The Balaban J connectivity index is 2.05. The summed E-state index contributed by atoms with van der Waals surface area (Å²) in [5.41, 5.74) is 12.0. The Morgan fingerprint density at radius 2 is 1.18 bits per heavy atom. The molecule has 0 aromatic heterocycles. The molecule has 0 spiro atoms. The molecule has 0 heterocycles. The average Bonchev–Trinajstić information content (AvgIpc) is 2.68. The van der Waals surface area contributed by atoms with Crippen LogP contribution in [-0.4, -0.2) is 33.9 Å². The molecular formula is C16H14N8O4. The van der Waals surface area contributed by atoms with Crippen LogP contribution < -0.4 is 11.5 Å². The van der Waals surface area contributed by atoms with Crippen molar-refractivity contribution in [1.29, 1.82) is 0 Å². The van der Waals surface area contributed by atoms with Gasteiger partial charge >= 0.3 is 0 Å². The summed E-state index contributed by atoms with van der Waals surface area (Å²) >= 11 is 0. The molecule has 0 bridgehead atoms. The normalized spacial score (nSPS) is 12.6. The number of non-ortho nitro benzene ring substituents is 2. The minimum absolute atomic E-state index is 0.0857. The molecule has 0 amide bonds. The molecule has 2 rings (SSSR count). The summed E-state index contributed by atoms with van der Waals surface area (Å²) in [6.45, 7) is 0. The Bertz CT molecular complexity index is 932. The van der Waals surface area contributed by atoms with Crippen molar-refractivity contribution in [3.05, 3.63) is 79.9 Å². The van der Waals surface area contributed by atoms with Crippen LogP contribution in [0, 0.1) is 20.2 Å². The van der Waals surface area contributed by atoms with Gasteiger partial charge in [-0.3, -0.25) is 20.2 Å². The van der Waals surface area contributed by atoms with E-state index >= 15 is 0 Å². The van der Waals surface area contributed by atoms with Crippen molar-refractivity contribution in [3.8, 4) is 0 Å². The number of nitrogens with zero attached hydrogens (tertiary/aromatic N) is 6. The lowest BCUT2D eigenvalue weighted by Crippen LogP contribution is -2.30. The molecule has 0 saturated carbocycles. The summed E-state index contributed by atoms with van der Waals surface area (Å²) in [5.74, 6) is -0.448. The van der Waals surface area contributed by atoms with Gasteiger partial charge < -0.3 is 11.5 Å². The van der Waals surface area contributed by atoms with Gasteiger partial charge in [0.2, 0.25) is 0 Å². The molecule has 0 saturated heterocycles. The highest BCUT2D eigenvalue weighted by atomic mass is 16.6. The first kappa shape index (κ1) is 19.8. The summed E-state index contributed by atoms with van der Waals surface area (Å²) in [7, 11) is 0. The average molecular weight is 382 g/mol. The quantitative estimate of drug-likeness (QED) is 0.330. The Morgan fingerprint density at radius 1 is 0.786 bits per heavy atom. The van der Waals surface area contributed by atoms with Crippen molar-refractivity contribution in [2.45, 2.75) is 0 Å². The van der Waals surface area contributed by atoms with E-state index in [1.807, 2.05) is 0 Å². The van der Waals surface area contributed by atoms with E-state index in [0.29, 0.717) is 11.1 Å². The molecule has 2 aromatic rings. The molecule has 0 aliphatic rings. The first-order valence-corrected chi connectivity index (χ1v) is 7.59. The van der Waals surface area contributed by atoms with Gasteiger partial charge in [-0.1, -0.05) is 24.3 Å². The number of nitrogens with two attached hydrogens (primary N) is 2. The fraction of sp³-hybridized carbons (Fsp3) is 0. The standard InChI is InChI=1S/C16H14N8O4/c17-15(21-19-9-11-3-1-5-13(7-11)23(25)26)16(18)22-20-10-12-4-2-6-14(8-12)24(27)28/h1-10H,(H2,17,21)(H2,18,22)/b19-9-,20-10?. The van der Waals surface area contributed by atoms with Gasteiger partial charge in [0, 0.05) is 35.4 Å². The number of amidine groups is 2.